The molecule has 0 aromatic carbocycles. The number of anilines is 1. The van der Waals surface area contributed by atoms with E-state index in [9.17, 15) is 4.79 Å². The molecule has 136 valence electrons. The van der Waals surface area contributed by atoms with E-state index < -0.39 is 0 Å². The molecular formula is C20H29N3O2. The van der Waals surface area contributed by atoms with Gasteiger partial charge in [-0.25, -0.2) is 4.98 Å². The number of amides is 1. The zero-order valence-electron chi connectivity index (χ0n) is 14.9. The van der Waals surface area contributed by atoms with E-state index >= 15 is 0 Å². The van der Waals surface area contributed by atoms with Gasteiger partial charge in [0.25, 0.3) is 0 Å². The van der Waals surface area contributed by atoms with E-state index in [4.69, 9.17) is 4.74 Å². The largest absolute Gasteiger partial charge is 0.489 e. The lowest BCUT2D eigenvalue weighted by Gasteiger charge is -2.23. The molecule has 0 bridgehead atoms. The first-order valence-corrected chi connectivity index (χ1v) is 9.86. The predicted molar refractivity (Wildman–Crippen MR) is 97.6 cm³/mol. The van der Waals surface area contributed by atoms with Crippen LogP contribution in [0.25, 0.3) is 0 Å². The molecule has 1 amide bonds. The molecule has 4 rings (SSSR count). The fourth-order valence-electron chi connectivity index (χ4n) is 4.56. The minimum absolute atomic E-state index is 0.114. The van der Waals surface area contributed by atoms with Gasteiger partial charge in [-0.3, -0.25) is 4.79 Å². The van der Waals surface area contributed by atoms with Crippen molar-refractivity contribution in [1.29, 1.82) is 0 Å². The number of piperidine rings is 1. The van der Waals surface area contributed by atoms with E-state index in [0.29, 0.717) is 17.5 Å². The topological polar surface area (TPSA) is 63.2 Å². The van der Waals surface area contributed by atoms with Gasteiger partial charge in [0.1, 0.15) is 0 Å². The first-order valence-electron chi connectivity index (χ1n) is 9.86. The summed E-state index contributed by atoms with van der Waals surface area (Å²) in [6.07, 6.45) is 11.4. The van der Waals surface area contributed by atoms with Crippen molar-refractivity contribution in [2.75, 3.05) is 25.0 Å². The van der Waals surface area contributed by atoms with Gasteiger partial charge in [0.2, 0.25) is 5.91 Å². The van der Waals surface area contributed by atoms with Crippen molar-refractivity contribution < 1.29 is 9.53 Å². The molecule has 0 radical (unpaired) electrons. The van der Waals surface area contributed by atoms with Gasteiger partial charge >= 0.3 is 0 Å². The number of pyridine rings is 1. The number of aromatic nitrogens is 1. The number of nitrogens with one attached hydrogen (secondary N) is 2. The standard InChI is InChI=1S/C20H29N3O2/c24-19(16-13-20(16)8-11-21-12-9-20)23-18-17(7-4-10-22-18)25-14-15-5-2-1-3-6-15/h4,7,10,15-16,21H,1-3,5-6,8-9,11-14H2,(H,22,23,24). The molecule has 1 spiro atoms. The van der Waals surface area contributed by atoms with Crippen LogP contribution in [0.5, 0.6) is 5.75 Å². The lowest BCUT2D eigenvalue weighted by atomic mass is 9.90. The average Bonchev–Trinajstić information content (AvgIpc) is 3.35. The normalized spacial score (nSPS) is 25.5. The van der Waals surface area contributed by atoms with E-state index in [1.165, 1.54) is 32.1 Å². The number of carbonyl (C=O) groups is 1. The van der Waals surface area contributed by atoms with Crippen LogP contribution in [-0.4, -0.2) is 30.6 Å². The molecular weight excluding hydrogens is 314 g/mol. The number of hydrogen-bond donors (Lipinski definition) is 2. The summed E-state index contributed by atoms with van der Waals surface area (Å²) in [5.74, 6) is 2.19. The summed E-state index contributed by atoms with van der Waals surface area (Å²) in [5, 5.41) is 6.42. The van der Waals surface area contributed by atoms with Crippen LogP contribution in [0.3, 0.4) is 0 Å². The second-order valence-corrected chi connectivity index (χ2v) is 8.02. The Morgan fingerprint density at radius 2 is 2.08 bits per heavy atom. The van der Waals surface area contributed by atoms with E-state index in [0.717, 1.165) is 39.0 Å². The lowest BCUT2D eigenvalue weighted by molar-refractivity contribution is -0.118. The molecule has 1 atom stereocenters. The van der Waals surface area contributed by atoms with Gasteiger partial charge in [-0.15, -0.1) is 0 Å². The Bertz CT molecular complexity index is 607. The second-order valence-electron chi connectivity index (χ2n) is 8.02. The van der Waals surface area contributed by atoms with Crippen molar-refractivity contribution in [3.63, 3.8) is 0 Å². The van der Waals surface area contributed by atoms with E-state index in [-0.39, 0.29) is 17.2 Å². The van der Waals surface area contributed by atoms with Gasteiger partial charge in [-0.1, -0.05) is 19.3 Å². The molecule has 2 N–H and O–H groups in total. The van der Waals surface area contributed by atoms with Crippen molar-refractivity contribution in [1.82, 2.24) is 10.3 Å². The Kier molecular flexibility index (Phi) is 4.93. The quantitative estimate of drug-likeness (QED) is 0.860. The van der Waals surface area contributed by atoms with Crippen molar-refractivity contribution in [2.45, 2.75) is 51.4 Å². The van der Waals surface area contributed by atoms with Gasteiger partial charge < -0.3 is 15.4 Å². The second kappa shape index (κ2) is 7.32. The van der Waals surface area contributed by atoms with Crippen molar-refractivity contribution in [3.05, 3.63) is 18.3 Å². The molecule has 5 heteroatoms. The van der Waals surface area contributed by atoms with E-state index in [2.05, 4.69) is 15.6 Å². The Balaban J connectivity index is 1.35. The zero-order chi connectivity index (χ0) is 17.1. The highest BCUT2D eigenvalue weighted by Gasteiger charge is 2.57. The third-order valence-electron chi connectivity index (χ3n) is 6.32. The van der Waals surface area contributed by atoms with Crippen molar-refractivity contribution in [3.8, 4) is 5.75 Å². The summed E-state index contributed by atoms with van der Waals surface area (Å²) < 4.78 is 6.03. The zero-order valence-corrected chi connectivity index (χ0v) is 14.9. The van der Waals surface area contributed by atoms with Gasteiger partial charge in [0, 0.05) is 12.1 Å². The highest BCUT2D eigenvalue weighted by atomic mass is 16.5. The number of hydrogen-bond acceptors (Lipinski definition) is 4. The van der Waals surface area contributed by atoms with Crippen LogP contribution in [0.1, 0.15) is 51.4 Å². The first-order chi connectivity index (χ1) is 12.3. The Hall–Kier alpha value is -1.62. The average molecular weight is 343 g/mol. The molecule has 3 aliphatic rings. The number of nitrogens with zero attached hydrogens (tertiary/aromatic N) is 1. The Morgan fingerprint density at radius 3 is 2.88 bits per heavy atom. The van der Waals surface area contributed by atoms with Gasteiger partial charge in [-0.05, 0) is 68.7 Å². The predicted octanol–water partition coefficient (Wildman–Crippen LogP) is 3.37. The minimum atomic E-state index is 0.114. The van der Waals surface area contributed by atoms with E-state index in [1.807, 2.05) is 12.1 Å². The third kappa shape index (κ3) is 3.81. The number of carbonyl (C=O) groups excluding carboxylic acids is 1. The van der Waals surface area contributed by atoms with Crippen molar-refractivity contribution in [2.24, 2.45) is 17.3 Å². The van der Waals surface area contributed by atoms with Crippen LogP contribution < -0.4 is 15.4 Å². The van der Waals surface area contributed by atoms with Crippen molar-refractivity contribution >= 4 is 11.7 Å². The van der Waals surface area contributed by atoms with Gasteiger partial charge in [0.05, 0.1) is 6.61 Å². The molecule has 1 saturated heterocycles. The van der Waals surface area contributed by atoms with Crippen LogP contribution in [0.2, 0.25) is 0 Å². The molecule has 5 nitrogen and oxygen atoms in total. The molecule has 2 saturated carbocycles. The highest BCUT2D eigenvalue weighted by molar-refractivity contribution is 5.95. The molecule has 1 aromatic heterocycles. The molecule has 2 heterocycles. The van der Waals surface area contributed by atoms with Crippen LogP contribution in [0.15, 0.2) is 18.3 Å². The first kappa shape index (κ1) is 16.8. The highest BCUT2D eigenvalue weighted by Crippen LogP contribution is 2.58. The maximum absolute atomic E-state index is 12.7. The molecule has 1 aliphatic heterocycles. The summed E-state index contributed by atoms with van der Waals surface area (Å²) in [7, 11) is 0. The summed E-state index contributed by atoms with van der Waals surface area (Å²) >= 11 is 0. The van der Waals surface area contributed by atoms with Gasteiger partial charge in [0.15, 0.2) is 11.6 Å². The van der Waals surface area contributed by atoms with Crippen LogP contribution >= 0.6 is 0 Å². The van der Waals surface area contributed by atoms with E-state index in [1.54, 1.807) is 6.20 Å². The molecule has 1 unspecified atom stereocenters. The van der Waals surface area contributed by atoms with Crippen LogP contribution in [0.4, 0.5) is 5.82 Å². The fraction of sp³-hybridized carbons (Fsp3) is 0.700. The van der Waals surface area contributed by atoms with Crippen LogP contribution in [-0.2, 0) is 4.79 Å². The Morgan fingerprint density at radius 1 is 1.28 bits per heavy atom. The summed E-state index contributed by atoms with van der Waals surface area (Å²) in [6, 6.07) is 3.79. The smallest absolute Gasteiger partial charge is 0.229 e. The molecule has 1 aromatic rings. The monoisotopic (exact) mass is 343 g/mol. The maximum Gasteiger partial charge on any atom is 0.229 e. The molecule has 2 aliphatic carbocycles. The SMILES string of the molecule is O=C(Nc1ncccc1OCC1CCCCC1)C1CC12CCNCC2. The lowest BCUT2D eigenvalue weighted by Crippen LogP contribution is -2.31. The maximum atomic E-state index is 12.7. The summed E-state index contributed by atoms with van der Waals surface area (Å²) in [5.41, 5.74) is 0.243. The molecule has 25 heavy (non-hydrogen) atoms. The van der Waals surface area contributed by atoms with Gasteiger partial charge in [-0.2, -0.15) is 0 Å². The summed E-state index contributed by atoms with van der Waals surface area (Å²) in [4.78, 5) is 17.0. The van der Waals surface area contributed by atoms with Crippen LogP contribution in [0, 0.1) is 17.3 Å². The third-order valence-corrected chi connectivity index (χ3v) is 6.32. The fourth-order valence-corrected chi connectivity index (χ4v) is 4.56. The Labute approximate surface area is 149 Å². The molecule has 3 fully saturated rings. The summed E-state index contributed by atoms with van der Waals surface area (Å²) in [6.45, 7) is 2.79. The minimum Gasteiger partial charge on any atom is -0.489 e. The number of ether oxygens (including phenoxy) is 1. The number of rotatable bonds is 5.